The summed E-state index contributed by atoms with van der Waals surface area (Å²) in [6.45, 7) is -0.163. The summed E-state index contributed by atoms with van der Waals surface area (Å²) in [6.07, 6.45) is 1.40. The van der Waals surface area contributed by atoms with Gasteiger partial charge in [-0.2, -0.15) is 0 Å². The van der Waals surface area contributed by atoms with E-state index in [0.29, 0.717) is 8.95 Å². The molecule has 0 unspecified atom stereocenters. The van der Waals surface area contributed by atoms with Gasteiger partial charge >= 0.3 is 0 Å². The zero-order valence-corrected chi connectivity index (χ0v) is 17.8. The number of amides is 2. The molecule has 0 spiro atoms. The molecule has 0 aromatic heterocycles. The van der Waals surface area contributed by atoms with Crippen molar-refractivity contribution in [1.82, 2.24) is 4.90 Å². The van der Waals surface area contributed by atoms with E-state index in [9.17, 15) is 19.1 Å². The summed E-state index contributed by atoms with van der Waals surface area (Å²) in [5, 5.41) is 9.85. The summed E-state index contributed by atoms with van der Waals surface area (Å²) in [6, 6.07) is 7.53. The first-order chi connectivity index (χ1) is 12.8. The van der Waals surface area contributed by atoms with E-state index in [1.165, 1.54) is 31.4 Å². The van der Waals surface area contributed by atoms with Gasteiger partial charge in [0.1, 0.15) is 5.82 Å². The number of thioether (sulfide) groups is 1. The van der Waals surface area contributed by atoms with Crippen molar-refractivity contribution < 1.29 is 23.8 Å². The number of benzene rings is 2. The summed E-state index contributed by atoms with van der Waals surface area (Å²) in [5.41, 5.74) is 0.534. The first kappa shape index (κ1) is 19.9. The zero-order chi connectivity index (χ0) is 19.7. The van der Waals surface area contributed by atoms with Crippen molar-refractivity contribution in [3.8, 4) is 11.5 Å². The highest BCUT2D eigenvalue weighted by molar-refractivity contribution is 9.13. The molecule has 0 atom stereocenters. The Labute approximate surface area is 175 Å². The van der Waals surface area contributed by atoms with Gasteiger partial charge in [0, 0.05) is 20.1 Å². The van der Waals surface area contributed by atoms with Gasteiger partial charge in [-0.05, 0) is 61.8 Å². The number of halogens is 3. The number of ether oxygens (including phenoxy) is 1. The molecule has 2 aromatic rings. The van der Waals surface area contributed by atoms with E-state index in [-0.39, 0.29) is 34.1 Å². The van der Waals surface area contributed by atoms with E-state index in [1.807, 2.05) is 0 Å². The van der Waals surface area contributed by atoms with E-state index in [1.54, 1.807) is 12.1 Å². The summed E-state index contributed by atoms with van der Waals surface area (Å²) in [7, 11) is 1.40. The van der Waals surface area contributed by atoms with Crippen LogP contribution in [0.1, 0.15) is 11.1 Å². The van der Waals surface area contributed by atoms with Crippen LogP contribution in [0.25, 0.3) is 6.08 Å². The maximum atomic E-state index is 13.8. The molecule has 27 heavy (non-hydrogen) atoms. The van der Waals surface area contributed by atoms with Crippen LogP contribution >= 0.6 is 43.6 Å². The van der Waals surface area contributed by atoms with Crippen molar-refractivity contribution in [3.05, 3.63) is 61.1 Å². The van der Waals surface area contributed by atoms with Gasteiger partial charge in [0.15, 0.2) is 11.5 Å². The molecule has 2 amide bonds. The molecule has 1 N–H and O–H groups in total. The van der Waals surface area contributed by atoms with Crippen LogP contribution in [0.3, 0.4) is 0 Å². The van der Waals surface area contributed by atoms with Gasteiger partial charge in [0.05, 0.1) is 18.6 Å². The number of carbonyl (C=O) groups excluding carboxylic acids is 2. The second-order valence-corrected chi connectivity index (χ2v) is 8.14. The Balaban J connectivity index is 1.96. The van der Waals surface area contributed by atoms with Gasteiger partial charge in [0.25, 0.3) is 11.1 Å². The van der Waals surface area contributed by atoms with E-state index >= 15 is 0 Å². The topological polar surface area (TPSA) is 66.8 Å². The lowest BCUT2D eigenvalue weighted by atomic mass is 10.1. The molecular weight excluding hydrogens is 505 g/mol. The predicted octanol–water partition coefficient (Wildman–Crippen LogP) is 5.30. The lowest BCUT2D eigenvalue weighted by Gasteiger charge is -2.13. The Morgan fingerprint density at radius 2 is 2.00 bits per heavy atom. The van der Waals surface area contributed by atoms with E-state index < -0.39 is 17.0 Å². The second-order valence-electron chi connectivity index (χ2n) is 5.50. The number of methoxy groups -OCH3 is 1. The van der Waals surface area contributed by atoms with E-state index in [2.05, 4.69) is 31.9 Å². The van der Waals surface area contributed by atoms with Crippen molar-refractivity contribution in [3.63, 3.8) is 0 Å². The third-order valence-corrected chi connectivity index (χ3v) is 6.77. The number of hydrogen-bond donors (Lipinski definition) is 1. The lowest BCUT2D eigenvalue weighted by Crippen LogP contribution is -2.27. The normalized spacial score (nSPS) is 15.7. The standard InChI is InChI=1S/C18H12Br2FNO4S/c1-26-13-7-11(19)15(20)10(16(13)23)6-14-17(24)22(18(25)27-14)8-9-4-2-3-5-12(9)21/h2-7,23H,8H2,1H3/b14-6-. The fourth-order valence-electron chi connectivity index (χ4n) is 2.46. The number of phenolic OH excluding ortho intramolecular Hbond substituents is 1. The predicted molar refractivity (Wildman–Crippen MR) is 108 cm³/mol. The van der Waals surface area contributed by atoms with Gasteiger partial charge in [-0.3, -0.25) is 14.5 Å². The van der Waals surface area contributed by atoms with Crippen LogP contribution in [-0.2, 0) is 11.3 Å². The summed E-state index contributed by atoms with van der Waals surface area (Å²) >= 11 is 7.40. The van der Waals surface area contributed by atoms with Crippen LogP contribution in [0.2, 0.25) is 0 Å². The van der Waals surface area contributed by atoms with Crippen LogP contribution in [0.15, 0.2) is 44.2 Å². The summed E-state index contributed by atoms with van der Waals surface area (Å²) in [5.74, 6) is -1.01. The van der Waals surface area contributed by atoms with Gasteiger partial charge in [-0.15, -0.1) is 0 Å². The zero-order valence-electron chi connectivity index (χ0n) is 13.8. The fourth-order valence-corrected chi connectivity index (χ4v) is 4.12. The highest BCUT2D eigenvalue weighted by Gasteiger charge is 2.36. The van der Waals surface area contributed by atoms with Gasteiger partial charge in [-0.25, -0.2) is 4.39 Å². The number of aromatic hydroxyl groups is 1. The number of carbonyl (C=O) groups is 2. The van der Waals surface area contributed by atoms with Crippen LogP contribution in [0.5, 0.6) is 11.5 Å². The van der Waals surface area contributed by atoms with Crippen LogP contribution in [0, 0.1) is 5.82 Å². The monoisotopic (exact) mass is 515 g/mol. The minimum atomic E-state index is -0.557. The van der Waals surface area contributed by atoms with Crippen molar-refractivity contribution in [2.45, 2.75) is 6.54 Å². The molecule has 9 heteroatoms. The molecule has 1 aliphatic heterocycles. The van der Waals surface area contributed by atoms with Crippen molar-refractivity contribution in [2.24, 2.45) is 0 Å². The fraction of sp³-hybridized carbons (Fsp3) is 0.111. The summed E-state index contributed by atoms with van der Waals surface area (Å²) < 4.78 is 20.1. The third kappa shape index (κ3) is 3.90. The number of rotatable bonds is 4. The number of phenols is 1. The molecule has 1 heterocycles. The smallest absolute Gasteiger partial charge is 0.293 e. The molecule has 140 valence electrons. The molecule has 1 fully saturated rings. The summed E-state index contributed by atoms with van der Waals surface area (Å²) in [4.78, 5) is 26.0. The van der Waals surface area contributed by atoms with Gasteiger partial charge in [0.2, 0.25) is 0 Å². The van der Waals surface area contributed by atoms with Crippen molar-refractivity contribution in [2.75, 3.05) is 7.11 Å². The molecule has 0 radical (unpaired) electrons. The Morgan fingerprint density at radius 3 is 2.67 bits per heavy atom. The Hall–Kier alpha value is -1.84. The average molecular weight is 517 g/mol. The highest BCUT2D eigenvalue weighted by Crippen LogP contribution is 2.43. The maximum absolute atomic E-state index is 13.8. The molecule has 0 aliphatic carbocycles. The third-order valence-electron chi connectivity index (χ3n) is 3.85. The van der Waals surface area contributed by atoms with Crippen molar-refractivity contribution in [1.29, 1.82) is 0 Å². The molecule has 3 rings (SSSR count). The Bertz CT molecular complexity index is 980. The number of hydrogen-bond acceptors (Lipinski definition) is 5. The van der Waals surface area contributed by atoms with Crippen LogP contribution in [0.4, 0.5) is 9.18 Å². The molecule has 1 saturated heterocycles. The Kier molecular flexibility index (Phi) is 5.92. The van der Waals surface area contributed by atoms with Crippen LogP contribution < -0.4 is 4.74 Å². The molecular formula is C18H12Br2FNO4S. The Morgan fingerprint density at radius 1 is 1.30 bits per heavy atom. The maximum Gasteiger partial charge on any atom is 0.293 e. The molecule has 5 nitrogen and oxygen atoms in total. The average Bonchev–Trinajstić information content (AvgIpc) is 2.91. The molecule has 2 aromatic carbocycles. The first-order valence-corrected chi connectivity index (χ1v) is 9.97. The first-order valence-electron chi connectivity index (χ1n) is 7.57. The minimum absolute atomic E-state index is 0.118. The number of nitrogens with zero attached hydrogens (tertiary/aromatic N) is 1. The van der Waals surface area contributed by atoms with Gasteiger partial charge < -0.3 is 9.84 Å². The SMILES string of the molecule is COc1cc(Br)c(Br)c(/C=C2\SC(=O)N(Cc3ccccc3F)C2=O)c1O. The second kappa shape index (κ2) is 8.04. The van der Waals surface area contributed by atoms with E-state index in [4.69, 9.17) is 4.74 Å². The highest BCUT2D eigenvalue weighted by atomic mass is 79.9. The van der Waals surface area contributed by atoms with Crippen molar-refractivity contribution >= 4 is 60.8 Å². The molecule has 0 saturated carbocycles. The van der Waals surface area contributed by atoms with Crippen LogP contribution in [-0.4, -0.2) is 28.3 Å². The lowest BCUT2D eigenvalue weighted by molar-refractivity contribution is -0.123. The minimum Gasteiger partial charge on any atom is -0.504 e. The quantitative estimate of drug-likeness (QED) is 0.558. The molecule has 1 aliphatic rings. The number of imide groups is 1. The van der Waals surface area contributed by atoms with E-state index in [0.717, 1.165) is 16.7 Å². The van der Waals surface area contributed by atoms with Gasteiger partial charge in [-0.1, -0.05) is 18.2 Å². The molecule has 0 bridgehead atoms. The largest absolute Gasteiger partial charge is 0.504 e.